The monoisotopic (exact) mass is 472 g/mol. The van der Waals surface area contributed by atoms with E-state index in [1.54, 1.807) is 36.7 Å². The van der Waals surface area contributed by atoms with Crippen LogP contribution in [0, 0.1) is 0 Å². The van der Waals surface area contributed by atoms with E-state index in [9.17, 15) is 14.7 Å². The average molecular weight is 473 g/mol. The van der Waals surface area contributed by atoms with Gasteiger partial charge in [-0.1, -0.05) is 42.5 Å². The van der Waals surface area contributed by atoms with Gasteiger partial charge in [0.2, 0.25) is 5.91 Å². The van der Waals surface area contributed by atoms with Gasteiger partial charge in [-0.15, -0.1) is 0 Å². The SMILES string of the molecule is NC(=O)[C@@H](CCCNc1ncc[nH]1)N(Cc1ccc(O)cc1)C(=O)Nc1ccc2ccccc2c1. The largest absolute Gasteiger partial charge is 0.508 e. The predicted molar refractivity (Wildman–Crippen MR) is 136 cm³/mol. The lowest BCUT2D eigenvalue weighted by molar-refractivity contribution is -0.122. The second-order valence-electron chi connectivity index (χ2n) is 8.21. The van der Waals surface area contributed by atoms with Crippen molar-refractivity contribution in [2.45, 2.75) is 25.4 Å². The number of anilines is 2. The zero-order chi connectivity index (χ0) is 24.6. The molecule has 0 spiro atoms. The Kier molecular flexibility index (Phi) is 7.47. The maximum Gasteiger partial charge on any atom is 0.322 e. The number of carbonyl (C=O) groups excluding carboxylic acids is 2. The van der Waals surface area contributed by atoms with E-state index in [4.69, 9.17) is 5.73 Å². The number of nitrogens with zero attached hydrogens (tertiary/aromatic N) is 2. The van der Waals surface area contributed by atoms with Gasteiger partial charge in [-0.05, 0) is 53.4 Å². The average Bonchev–Trinajstić information content (AvgIpc) is 3.37. The standard InChI is InChI=1S/C26H28N6O3/c27-24(34)23(6-3-13-28-25-29-14-15-30-25)32(17-18-7-11-22(33)12-8-18)26(35)31-21-10-9-19-4-1-2-5-20(19)16-21/h1-2,4-5,7-12,14-16,23,33H,3,6,13,17H2,(H2,27,34)(H,31,35)(H2,28,29,30)/t23-/m1/s1. The molecule has 0 bridgehead atoms. The molecule has 0 aliphatic rings. The van der Waals surface area contributed by atoms with Crippen molar-refractivity contribution in [1.82, 2.24) is 14.9 Å². The third-order valence-electron chi connectivity index (χ3n) is 5.70. The third kappa shape index (κ3) is 6.29. The lowest BCUT2D eigenvalue weighted by atomic mass is 10.1. The van der Waals surface area contributed by atoms with Crippen LogP contribution in [0.2, 0.25) is 0 Å². The van der Waals surface area contributed by atoms with Crippen LogP contribution in [-0.4, -0.2) is 44.5 Å². The molecule has 0 radical (unpaired) electrons. The summed E-state index contributed by atoms with van der Waals surface area (Å²) >= 11 is 0. The Morgan fingerprint density at radius 1 is 1.06 bits per heavy atom. The highest BCUT2D eigenvalue weighted by molar-refractivity contribution is 5.95. The van der Waals surface area contributed by atoms with Gasteiger partial charge >= 0.3 is 6.03 Å². The molecule has 0 unspecified atom stereocenters. The van der Waals surface area contributed by atoms with Crippen LogP contribution in [0.4, 0.5) is 16.4 Å². The molecule has 0 saturated carbocycles. The first-order valence-corrected chi connectivity index (χ1v) is 11.4. The summed E-state index contributed by atoms with van der Waals surface area (Å²) in [4.78, 5) is 34.4. The summed E-state index contributed by atoms with van der Waals surface area (Å²) in [5.41, 5.74) is 7.14. The molecule has 0 aliphatic carbocycles. The van der Waals surface area contributed by atoms with Gasteiger partial charge in [0.15, 0.2) is 5.95 Å². The first-order valence-electron chi connectivity index (χ1n) is 11.4. The third-order valence-corrected chi connectivity index (χ3v) is 5.70. The Balaban J connectivity index is 1.51. The zero-order valence-corrected chi connectivity index (χ0v) is 19.1. The van der Waals surface area contributed by atoms with Gasteiger partial charge in [0.1, 0.15) is 11.8 Å². The Bertz CT molecular complexity index is 1270. The number of phenols is 1. The van der Waals surface area contributed by atoms with Gasteiger partial charge in [0.25, 0.3) is 0 Å². The van der Waals surface area contributed by atoms with Crippen molar-refractivity contribution in [3.63, 3.8) is 0 Å². The highest BCUT2D eigenvalue weighted by atomic mass is 16.3. The van der Waals surface area contributed by atoms with Crippen molar-refractivity contribution in [2.75, 3.05) is 17.2 Å². The highest BCUT2D eigenvalue weighted by Gasteiger charge is 2.28. The maximum atomic E-state index is 13.4. The number of rotatable bonds is 10. The van der Waals surface area contributed by atoms with Crippen molar-refractivity contribution in [3.8, 4) is 5.75 Å². The fourth-order valence-corrected chi connectivity index (χ4v) is 3.90. The number of nitrogens with two attached hydrogens (primary N) is 1. The number of nitrogens with one attached hydrogen (secondary N) is 3. The smallest absolute Gasteiger partial charge is 0.322 e. The van der Waals surface area contributed by atoms with E-state index >= 15 is 0 Å². The summed E-state index contributed by atoms with van der Waals surface area (Å²) in [7, 11) is 0. The number of urea groups is 1. The van der Waals surface area contributed by atoms with Crippen molar-refractivity contribution < 1.29 is 14.7 Å². The van der Waals surface area contributed by atoms with E-state index in [1.165, 1.54) is 4.90 Å². The number of primary amides is 1. The number of aromatic hydroxyl groups is 1. The molecule has 1 heterocycles. The molecule has 4 aromatic rings. The first kappa shape index (κ1) is 23.6. The van der Waals surface area contributed by atoms with Crippen LogP contribution in [0.5, 0.6) is 5.75 Å². The van der Waals surface area contributed by atoms with Gasteiger partial charge < -0.3 is 31.4 Å². The summed E-state index contributed by atoms with van der Waals surface area (Å²) in [5, 5.41) is 17.7. The van der Waals surface area contributed by atoms with Gasteiger partial charge in [0, 0.05) is 31.2 Å². The molecular formula is C26H28N6O3. The van der Waals surface area contributed by atoms with E-state index in [-0.39, 0.29) is 12.3 Å². The molecule has 1 atom stereocenters. The minimum atomic E-state index is -0.831. The second kappa shape index (κ2) is 11.1. The number of carbonyl (C=O) groups is 2. The first-order chi connectivity index (χ1) is 17.0. The number of hydrogen-bond donors (Lipinski definition) is 5. The summed E-state index contributed by atoms with van der Waals surface area (Å²) < 4.78 is 0. The molecule has 0 fully saturated rings. The Morgan fingerprint density at radius 2 is 1.83 bits per heavy atom. The van der Waals surface area contributed by atoms with Crippen molar-refractivity contribution in [1.29, 1.82) is 0 Å². The number of H-pyrrole nitrogens is 1. The van der Waals surface area contributed by atoms with Gasteiger partial charge in [-0.2, -0.15) is 0 Å². The lowest BCUT2D eigenvalue weighted by Gasteiger charge is -2.30. The highest BCUT2D eigenvalue weighted by Crippen LogP contribution is 2.21. The molecule has 6 N–H and O–H groups in total. The Morgan fingerprint density at radius 3 is 2.54 bits per heavy atom. The van der Waals surface area contributed by atoms with E-state index in [1.807, 2.05) is 42.5 Å². The lowest BCUT2D eigenvalue weighted by Crippen LogP contribution is -2.49. The normalized spacial score (nSPS) is 11.7. The molecule has 3 aromatic carbocycles. The second-order valence-corrected chi connectivity index (χ2v) is 8.21. The van der Waals surface area contributed by atoms with Crippen LogP contribution < -0.4 is 16.4 Å². The molecule has 4 rings (SSSR count). The molecule has 9 heteroatoms. The number of aromatic nitrogens is 2. The van der Waals surface area contributed by atoms with Crippen LogP contribution in [0.1, 0.15) is 18.4 Å². The van der Waals surface area contributed by atoms with E-state index in [0.717, 1.165) is 16.3 Å². The topological polar surface area (TPSA) is 136 Å². The molecule has 1 aromatic heterocycles. The fraction of sp³-hybridized carbons (Fsp3) is 0.192. The van der Waals surface area contributed by atoms with Crippen LogP contribution in [-0.2, 0) is 11.3 Å². The molecular weight excluding hydrogens is 444 g/mol. The quantitative estimate of drug-likeness (QED) is 0.222. The van der Waals surface area contributed by atoms with Gasteiger partial charge in [-0.3, -0.25) is 4.79 Å². The van der Waals surface area contributed by atoms with Crippen LogP contribution in [0.25, 0.3) is 10.8 Å². The van der Waals surface area contributed by atoms with Crippen molar-refractivity contribution in [2.24, 2.45) is 5.73 Å². The summed E-state index contributed by atoms with van der Waals surface area (Å²) in [5.74, 6) is 0.169. The summed E-state index contributed by atoms with van der Waals surface area (Å²) in [6.07, 6.45) is 4.31. The van der Waals surface area contributed by atoms with Crippen LogP contribution >= 0.6 is 0 Å². The molecule has 35 heavy (non-hydrogen) atoms. The number of aromatic amines is 1. The van der Waals surface area contributed by atoms with Gasteiger partial charge in [0.05, 0.1) is 0 Å². The molecule has 9 nitrogen and oxygen atoms in total. The predicted octanol–water partition coefficient (Wildman–Crippen LogP) is 4.05. The van der Waals surface area contributed by atoms with Gasteiger partial charge in [-0.25, -0.2) is 9.78 Å². The molecule has 3 amide bonds. The van der Waals surface area contributed by atoms with E-state index < -0.39 is 18.0 Å². The zero-order valence-electron chi connectivity index (χ0n) is 19.1. The van der Waals surface area contributed by atoms with E-state index in [2.05, 4.69) is 20.6 Å². The number of benzene rings is 3. The fourth-order valence-electron chi connectivity index (χ4n) is 3.90. The van der Waals surface area contributed by atoms with Crippen molar-refractivity contribution >= 4 is 34.3 Å². The summed E-state index contributed by atoms with van der Waals surface area (Å²) in [6.45, 7) is 0.704. The van der Waals surface area contributed by atoms with Crippen LogP contribution in [0.15, 0.2) is 79.1 Å². The Labute approximate surface area is 203 Å². The molecule has 0 aliphatic heterocycles. The summed E-state index contributed by atoms with van der Waals surface area (Å²) in [6, 6.07) is 18.7. The van der Waals surface area contributed by atoms with Crippen LogP contribution in [0.3, 0.4) is 0 Å². The van der Waals surface area contributed by atoms with Crippen molar-refractivity contribution in [3.05, 3.63) is 84.7 Å². The number of imidazole rings is 1. The molecule has 0 saturated heterocycles. The van der Waals surface area contributed by atoms with E-state index in [0.29, 0.717) is 31.0 Å². The maximum absolute atomic E-state index is 13.4. The number of fused-ring (bicyclic) bond motifs is 1. The Hall–Kier alpha value is -4.53. The molecule has 180 valence electrons. The number of phenolic OH excluding ortho intramolecular Hbond substituents is 1. The minimum absolute atomic E-state index is 0.122. The minimum Gasteiger partial charge on any atom is -0.508 e. The number of hydrogen-bond acceptors (Lipinski definition) is 5. The number of amides is 3.